The molecule has 3 N–H and O–H groups in total. The van der Waals surface area contributed by atoms with Gasteiger partial charge in [-0.15, -0.1) is 0 Å². The van der Waals surface area contributed by atoms with Gasteiger partial charge in [-0.1, -0.05) is 0 Å². The summed E-state index contributed by atoms with van der Waals surface area (Å²) in [5, 5.41) is 2.59. The lowest BCUT2D eigenvalue weighted by atomic mass is 10.1. The molecule has 0 saturated carbocycles. The van der Waals surface area contributed by atoms with Gasteiger partial charge in [-0.3, -0.25) is 9.59 Å². The molecule has 0 atom stereocenters. The standard InChI is InChI=1S/C13H12FN3O2/c1-17-7-9(3-5-12(17)18)16-13(19)10-4-2-8(14)6-11(10)15/h2-7H,15H2,1H3,(H,16,19). The maximum atomic E-state index is 12.9. The molecule has 0 radical (unpaired) electrons. The van der Waals surface area contributed by atoms with Gasteiger partial charge in [0.2, 0.25) is 5.56 Å². The Kier molecular flexibility index (Phi) is 3.33. The minimum atomic E-state index is -0.504. The van der Waals surface area contributed by atoms with Crippen LogP contribution < -0.4 is 16.6 Å². The smallest absolute Gasteiger partial charge is 0.257 e. The summed E-state index contributed by atoms with van der Waals surface area (Å²) >= 11 is 0. The van der Waals surface area contributed by atoms with E-state index in [0.717, 1.165) is 12.1 Å². The molecule has 0 aliphatic carbocycles. The normalized spacial score (nSPS) is 10.2. The van der Waals surface area contributed by atoms with Crippen LogP contribution >= 0.6 is 0 Å². The highest BCUT2D eigenvalue weighted by molar-refractivity contribution is 6.07. The zero-order valence-electron chi connectivity index (χ0n) is 10.2. The lowest BCUT2D eigenvalue weighted by Crippen LogP contribution is -2.18. The van der Waals surface area contributed by atoms with Gasteiger partial charge in [0.05, 0.1) is 11.3 Å². The summed E-state index contributed by atoms with van der Waals surface area (Å²) in [6.07, 6.45) is 1.49. The van der Waals surface area contributed by atoms with Crippen molar-refractivity contribution in [2.75, 3.05) is 11.1 Å². The zero-order valence-corrected chi connectivity index (χ0v) is 10.2. The van der Waals surface area contributed by atoms with Gasteiger partial charge in [0.1, 0.15) is 5.82 Å². The largest absolute Gasteiger partial charge is 0.398 e. The molecule has 1 aromatic carbocycles. The second-order valence-corrected chi connectivity index (χ2v) is 4.05. The molecule has 0 aliphatic rings. The SMILES string of the molecule is Cn1cc(NC(=O)c2ccc(F)cc2N)ccc1=O. The van der Waals surface area contributed by atoms with Crippen molar-refractivity contribution in [2.24, 2.45) is 7.05 Å². The van der Waals surface area contributed by atoms with E-state index < -0.39 is 11.7 Å². The van der Waals surface area contributed by atoms with E-state index in [4.69, 9.17) is 5.73 Å². The number of aromatic nitrogens is 1. The molecule has 0 unspecified atom stereocenters. The first kappa shape index (κ1) is 12.8. The van der Waals surface area contributed by atoms with E-state index in [9.17, 15) is 14.0 Å². The first-order chi connectivity index (χ1) is 8.97. The predicted molar refractivity (Wildman–Crippen MR) is 70.4 cm³/mol. The number of pyridine rings is 1. The minimum absolute atomic E-state index is 0.0577. The van der Waals surface area contributed by atoms with Crippen molar-refractivity contribution >= 4 is 17.3 Å². The third-order valence-electron chi connectivity index (χ3n) is 2.60. The number of nitrogens with zero attached hydrogens (tertiary/aromatic N) is 1. The molecule has 1 heterocycles. The number of hydrogen-bond acceptors (Lipinski definition) is 3. The topological polar surface area (TPSA) is 77.1 Å². The van der Waals surface area contributed by atoms with Crippen LogP contribution in [0.3, 0.4) is 0 Å². The Bertz CT molecular complexity index is 695. The Morgan fingerprint density at radius 3 is 2.68 bits per heavy atom. The lowest BCUT2D eigenvalue weighted by Gasteiger charge is -2.08. The molecule has 5 nitrogen and oxygen atoms in total. The summed E-state index contributed by atoms with van der Waals surface area (Å²) in [5.41, 5.74) is 6.08. The summed E-state index contributed by atoms with van der Waals surface area (Å²) in [4.78, 5) is 23.1. The van der Waals surface area contributed by atoms with Gasteiger partial charge in [-0.2, -0.15) is 0 Å². The minimum Gasteiger partial charge on any atom is -0.398 e. The van der Waals surface area contributed by atoms with E-state index in [2.05, 4.69) is 5.32 Å². The molecule has 0 spiro atoms. The molecule has 2 aromatic rings. The third-order valence-corrected chi connectivity index (χ3v) is 2.60. The number of aryl methyl sites for hydroxylation is 1. The summed E-state index contributed by atoms with van der Waals surface area (Å²) in [6, 6.07) is 6.37. The molecule has 0 fully saturated rings. The van der Waals surface area contributed by atoms with Crippen LogP contribution in [-0.4, -0.2) is 10.5 Å². The molecule has 1 aromatic heterocycles. The maximum absolute atomic E-state index is 12.9. The van der Waals surface area contributed by atoms with Crippen molar-refractivity contribution in [1.82, 2.24) is 4.57 Å². The molecular weight excluding hydrogens is 249 g/mol. The first-order valence-corrected chi connectivity index (χ1v) is 5.50. The van der Waals surface area contributed by atoms with Gasteiger partial charge < -0.3 is 15.6 Å². The Hall–Kier alpha value is -2.63. The number of amides is 1. The average Bonchev–Trinajstić information content (AvgIpc) is 2.33. The summed E-state index contributed by atoms with van der Waals surface area (Å²) in [7, 11) is 1.57. The van der Waals surface area contributed by atoms with Crippen LogP contribution in [0.4, 0.5) is 15.8 Å². The second-order valence-electron chi connectivity index (χ2n) is 4.05. The van der Waals surface area contributed by atoms with E-state index >= 15 is 0 Å². The Labute approximate surface area is 108 Å². The fourth-order valence-electron chi connectivity index (χ4n) is 1.61. The fraction of sp³-hybridized carbons (Fsp3) is 0.0769. The van der Waals surface area contributed by atoms with Gasteiger partial charge in [0.25, 0.3) is 5.91 Å². The van der Waals surface area contributed by atoms with Crippen molar-refractivity contribution in [3.63, 3.8) is 0 Å². The highest BCUT2D eigenvalue weighted by atomic mass is 19.1. The van der Waals surface area contributed by atoms with Gasteiger partial charge in [-0.25, -0.2) is 4.39 Å². The molecule has 0 saturated heterocycles. The highest BCUT2D eigenvalue weighted by Crippen LogP contribution is 2.15. The van der Waals surface area contributed by atoms with Crippen LogP contribution in [0.25, 0.3) is 0 Å². The van der Waals surface area contributed by atoms with Crippen LogP contribution in [0.2, 0.25) is 0 Å². The van der Waals surface area contributed by atoms with Crippen molar-refractivity contribution in [1.29, 1.82) is 0 Å². The maximum Gasteiger partial charge on any atom is 0.257 e. The van der Waals surface area contributed by atoms with Crippen molar-refractivity contribution in [3.8, 4) is 0 Å². The second kappa shape index (κ2) is 4.93. The number of nitrogen functional groups attached to an aromatic ring is 1. The summed E-state index contributed by atoms with van der Waals surface area (Å²) in [5.74, 6) is -0.965. The van der Waals surface area contributed by atoms with Crippen LogP contribution in [0.5, 0.6) is 0 Å². The lowest BCUT2D eigenvalue weighted by molar-refractivity contribution is 0.102. The first-order valence-electron chi connectivity index (χ1n) is 5.50. The molecule has 1 amide bonds. The van der Waals surface area contributed by atoms with Crippen molar-refractivity contribution in [3.05, 3.63) is 58.3 Å². The van der Waals surface area contributed by atoms with Gasteiger partial charge in [0, 0.05) is 25.0 Å². The monoisotopic (exact) mass is 261 g/mol. The molecule has 6 heteroatoms. The van der Waals surface area contributed by atoms with Gasteiger partial charge >= 0.3 is 0 Å². The number of nitrogens with one attached hydrogen (secondary N) is 1. The summed E-state index contributed by atoms with van der Waals surface area (Å²) < 4.78 is 14.2. The highest BCUT2D eigenvalue weighted by Gasteiger charge is 2.10. The molecular formula is C13H12FN3O2. The molecule has 2 rings (SSSR count). The predicted octanol–water partition coefficient (Wildman–Crippen LogP) is 1.36. The number of rotatable bonds is 2. The number of anilines is 2. The van der Waals surface area contributed by atoms with Gasteiger partial charge in [0.15, 0.2) is 0 Å². The van der Waals surface area contributed by atoms with E-state index in [1.165, 1.54) is 29.0 Å². The average molecular weight is 261 g/mol. The number of benzene rings is 1. The quantitative estimate of drug-likeness (QED) is 0.801. The number of carbonyl (C=O) groups excluding carboxylic acids is 1. The molecule has 98 valence electrons. The van der Waals surface area contributed by atoms with Crippen LogP contribution in [-0.2, 0) is 7.05 Å². The molecule has 0 aliphatic heterocycles. The van der Waals surface area contributed by atoms with Crippen LogP contribution in [0, 0.1) is 5.82 Å². The fourth-order valence-corrected chi connectivity index (χ4v) is 1.61. The Morgan fingerprint density at radius 2 is 2.05 bits per heavy atom. The van der Waals surface area contributed by atoms with Crippen LogP contribution in [0.15, 0.2) is 41.3 Å². The van der Waals surface area contributed by atoms with Crippen LogP contribution in [0.1, 0.15) is 10.4 Å². The van der Waals surface area contributed by atoms with E-state index in [1.54, 1.807) is 7.05 Å². The third kappa shape index (κ3) is 2.79. The van der Waals surface area contributed by atoms with E-state index in [-0.39, 0.29) is 16.8 Å². The molecule has 0 bridgehead atoms. The van der Waals surface area contributed by atoms with E-state index in [1.807, 2.05) is 0 Å². The van der Waals surface area contributed by atoms with Gasteiger partial charge in [-0.05, 0) is 24.3 Å². The van der Waals surface area contributed by atoms with Crippen molar-refractivity contribution in [2.45, 2.75) is 0 Å². The van der Waals surface area contributed by atoms with Crippen molar-refractivity contribution < 1.29 is 9.18 Å². The number of halogens is 1. The zero-order chi connectivity index (χ0) is 14.0. The number of carbonyl (C=O) groups is 1. The Balaban J connectivity index is 2.25. The van der Waals surface area contributed by atoms with E-state index in [0.29, 0.717) is 5.69 Å². The number of hydrogen-bond donors (Lipinski definition) is 2. The Morgan fingerprint density at radius 1 is 1.32 bits per heavy atom. The summed E-state index contributed by atoms with van der Waals surface area (Å²) in [6.45, 7) is 0. The molecule has 19 heavy (non-hydrogen) atoms. The number of nitrogens with two attached hydrogens (primary N) is 1.